The van der Waals surface area contributed by atoms with Crippen molar-refractivity contribution in [3.63, 3.8) is 0 Å². The maximum atomic E-state index is 12.8. The summed E-state index contributed by atoms with van der Waals surface area (Å²) < 4.78 is 4.71. The van der Waals surface area contributed by atoms with Crippen molar-refractivity contribution in [3.8, 4) is 0 Å². The Morgan fingerprint density at radius 3 is 2.66 bits per heavy atom. The Hall–Kier alpha value is -2.26. The highest BCUT2D eigenvalue weighted by atomic mass is 32.1. The van der Waals surface area contributed by atoms with Crippen LogP contribution in [0.1, 0.15) is 50.4 Å². The van der Waals surface area contributed by atoms with Gasteiger partial charge in [-0.3, -0.25) is 19.8 Å². The zero-order chi connectivity index (χ0) is 21.6. The highest BCUT2D eigenvalue weighted by molar-refractivity contribution is 7.18. The quantitative estimate of drug-likeness (QED) is 0.644. The van der Waals surface area contributed by atoms with Crippen LogP contribution >= 0.6 is 11.3 Å². The van der Waals surface area contributed by atoms with Crippen LogP contribution in [0.5, 0.6) is 0 Å². The van der Waals surface area contributed by atoms with Crippen molar-refractivity contribution in [1.82, 2.24) is 20.2 Å². The SMILES string of the molecule is CCOC(=O)NC(=O)CN(CC)Cc1nc2sc(C)c(C[C@H](C)CC)c2c(=O)[nH]1. The number of carbonyl (C=O) groups excluding carboxylic acids is 2. The fourth-order valence-electron chi connectivity index (χ4n) is 3.05. The monoisotopic (exact) mass is 422 g/mol. The molecule has 0 aromatic carbocycles. The van der Waals surface area contributed by atoms with Gasteiger partial charge in [-0.1, -0.05) is 27.2 Å². The second-order valence-corrected chi connectivity index (χ2v) is 8.32. The molecule has 0 fully saturated rings. The third-order valence-corrected chi connectivity index (χ3v) is 5.91. The van der Waals surface area contributed by atoms with Gasteiger partial charge in [-0.15, -0.1) is 11.3 Å². The molecule has 0 saturated heterocycles. The van der Waals surface area contributed by atoms with Gasteiger partial charge in [0.05, 0.1) is 25.1 Å². The van der Waals surface area contributed by atoms with Crippen LogP contribution in [0.2, 0.25) is 0 Å². The van der Waals surface area contributed by atoms with Crippen LogP contribution in [0, 0.1) is 12.8 Å². The first-order chi connectivity index (χ1) is 13.8. The van der Waals surface area contributed by atoms with E-state index in [0.29, 0.717) is 30.2 Å². The number of amides is 2. The summed E-state index contributed by atoms with van der Waals surface area (Å²) in [5.41, 5.74) is 0.945. The third kappa shape index (κ3) is 6.11. The Labute approximate surface area is 174 Å². The van der Waals surface area contributed by atoms with Crippen molar-refractivity contribution < 1.29 is 14.3 Å². The number of rotatable bonds is 9. The Bertz CT molecular complexity index is 921. The van der Waals surface area contributed by atoms with Gasteiger partial charge in [0.25, 0.3) is 5.56 Å². The van der Waals surface area contributed by atoms with E-state index in [2.05, 4.69) is 29.1 Å². The molecule has 8 nitrogen and oxygen atoms in total. The molecule has 160 valence electrons. The number of hydrogen-bond acceptors (Lipinski definition) is 7. The van der Waals surface area contributed by atoms with Gasteiger partial charge in [-0.2, -0.15) is 0 Å². The van der Waals surface area contributed by atoms with E-state index in [4.69, 9.17) is 4.74 Å². The maximum absolute atomic E-state index is 12.8. The van der Waals surface area contributed by atoms with E-state index in [0.717, 1.165) is 28.1 Å². The summed E-state index contributed by atoms with van der Waals surface area (Å²) in [5, 5.41) is 2.86. The van der Waals surface area contributed by atoms with E-state index < -0.39 is 12.0 Å². The Morgan fingerprint density at radius 1 is 1.31 bits per heavy atom. The topological polar surface area (TPSA) is 104 Å². The van der Waals surface area contributed by atoms with Crippen molar-refractivity contribution in [2.75, 3.05) is 19.7 Å². The van der Waals surface area contributed by atoms with Crippen LogP contribution in [-0.4, -0.2) is 46.6 Å². The lowest BCUT2D eigenvalue weighted by Crippen LogP contribution is -2.40. The van der Waals surface area contributed by atoms with Gasteiger partial charge >= 0.3 is 6.09 Å². The summed E-state index contributed by atoms with van der Waals surface area (Å²) in [6.07, 6.45) is 1.16. The second-order valence-electron chi connectivity index (χ2n) is 7.12. The summed E-state index contributed by atoms with van der Waals surface area (Å²) in [4.78, 5) is 47.3. The number of fused-ring (bicyclic) bond motifs is 1. The van der Waals surface area contributed by atoms with Gasteiger partial charge in [-0.25, -0.2) is 9.78 Å². The average Bonchev–Trinajstić information content (AvgIpc) is 2.96. The smallest absolute Gasteiger partial charge is 0.413 e. The number of imide groups is 1. The number of ether oxygens (including phenoxy) is 1. The second kappa shape index (κ2) is 10.5. The molecule has 0 spiro atoms. The minimum absolute atomic E-state index is 0.000204. The lowest BCUT2D eigenvalue weighted by atomic mass is 9.98. The van der Waals surface area contributed by atoms with Crippen LogP contribution in [0.4, 0.5) is 4.79 Å². The van der Waals surface area contributed by atoms with Gasteiger partial charge in [0.2, 0.25) is 5.91 Å². The molecule has 0 aliphatic carbocycles. The number of nitrogens with one attached hydrogen (secondary N) is 2. The molecule has 0 bridgehead atoms. The van der Waals surface area contributed by atoms with Gasteiger partial charge in [0.1, 0.15) is 10.7 Å². The van der Waals surface area contributed by atoms with E-state index >= 15 is 0 Å². The molecule has 0 aliphatic heterocycles. The highest BCUT2D eigenvalue weighted by Gasteiger charge is 2.18. The molecule has 2 amide bonds. The lowest BCUT2D eigenvalue weighted by Gasteiger charge is -2.18. The van der Waals surface area contributed by atoms with Gasteiger partial charge in [-0.05, 0) is 38.3 Å². The van der Waals surface area contributed by atoms with Crippen LogP contribution in [0.3, 0.4) is 0 Å². The minimum atomic E-state index is -0.760. The summed E-state index contributed by atoms with van der Waals surface area (Å²) in [6, 6.07) is 0. The van der Waals surface area contributed by atoms with Crippen LogP contribution < -0.4 is 10.9 Å². The first-order valence-corrected chi connectivity index (χ1v) is 10.8. The number of likely N-dealkylation sites (N-methyl/N-ethyl adjacent to an activating group) is 1. The van der Waals surface area contributed by atoms with E-state index in [1.165, 1.54) is 11.3 Å². The van der Waals surface area contributed by atoms with Gasteiger partial charge in [0, 0.05) is 4.88 Å². The van der Waals surface area contributed by atoms with E-state index in [1.54, 1.807) is 11.8 Å². The fourth-order valence-corrected chi connectivity index (χ4v) is 4.12. The highest BCUT2D eigenvalue weighted by Crippen LogP contribution is 2.29. The number of nitrogens with zero attached hydrogens (tertiary/aromatic N) is 2. The van der Waals surface area contributed by atoms with Crippen LogP contribution in [0.15, 0.2) is 4.79 Å². The van der Waals surface area contributed by atoms with Gasteiger partial charge < -0.3 is 9.72 Å². The summed E-state index contributed by atoms with van der Waals surface area (Å²) >= 11 is 1.53. The first kappa shape index (κ1) is 23.0. The zero-order valence-corrected chi connectivity index (χ0v) is 18.6. The molecule has 2 N–H and O–H groups in total. The molecule has 29 heavy (non-hydrogen) atoms. The first-order valence-electron chi connectivity index (χ1n) is 9.99. The van der Waals surface area contributed by atoms with Crippen molar-refractivity contribution in [1.29, 1.82) is 0 Å². The number of alkyl carbamates (subject to hydrolysis) is 1. The Morgan fingerprint density at radius 2 is 2.03 bits per heavy atom. The molecule has 2 aromatic rings. The summed E-state index contributed by atoms with van der Waals surface area (Å²) in [5.74, 6) is 0.542. The predicted octanol–water partition coefficient (Wildman–Crippen LogP) is 2.98. The zero-order valence-electron chi connectivity index (χ0n) is 17.8. The van der Waals surface area contributed by atoms with Crippen molar-refractivity contribution in [3.05, 3.63) is 26.6 Å². The van der Waals surface area contributed by atoms with Crippen molar-refractivity contribution in [2.24, 2.45) is 5.92 Å². The molecular formula is C20H30N4O4S. The molecular weight excluding hydrogens is 392 g/mol. The lowest BCUT2D eigenvalue weighted by molar-refractivity contribution is -0.121. The molecule has 0 aliphatic rings. The van der Waals surface area contributed by atoms with Crippen molar-refractivity contribution >= 4 is 33.6 Å². The number of carbonyl (C=O) groups is 2. The van der Waals surface area contributed by atoms with Crippen molar-refractivity contribution in [2.45, 2.75) is 54.0 Å². The molecule has 0 unspecified atom stereocenters. The molecule has 0 saturated carbocycles. The Balaban J connectivity index is 2.18. The number of hydrogen-bond donors (Lipinski definition) is 2. The van der Waals surface area contributed by atoms with E-state index in [9.17, 15) is 14.4 Å². The average molecular weight is 423 g/mol. The summed E-state index contributed by atoms with van der Waals surface area (Å²) in [7, 11) is 0. The number of aryl methyl sites for hydroxylation is 1. The molecule has 0 radical (unpaired) electrons. The Kier molecular flexibility index (Phi) is 8.33. The number of aromatic nitrogens is 2. The largest absolute Gasteiger partial charge is 0.450 e. The van der Waals surface area contributed by atoms with Crippen LogP contribution in [0.25, 0.3) is 10.2 Å². The number of aromatic amines is 1. The molecule has 2 rings (SSSR count). The molecule has 2 heterocycles. The minimum Gasteiger partial charge on any atom is -0.450 e. The maximum Gasteiger partial charge on any atom is 0.413 e. The van der Waals surface area contributed by atoms with E-state index in [1.807, 2.05) is 13.8 Å². The third-order valence-electron chi connectivity index (χ3n) is 4.87. The number of thiophene rings is 1. The van der Waals surface area contributed by atoms with Gasteiger partial charge in [0.15, 0.2) is 0 Å². The number of H-pyrrole nitrogens is 1. The summed E-state index contributed by atoms with van der Waals surface area (Å²) in [6.45, 7) is 11.0. The molecule has 2 aromatic heterocycles. The van der Waals surface area contributed by atoms with Crippen LogP contribution in [-0.2, 0) is 22.5 Å². The normalized spacial score (nSPS) is 12.3. The molecule has 1 atom stereocenters. The standard InChI is InChI=1S/C20H30N4O4S/c1-6-12(4)9-14-13(5)29-19-17(14)18(26)21-15(22-19)10-24(7-2)11-16(25)23-20(27)28-8-3/h12H,6-11H2,1-5H3,(H,21,22,26)(H,23,25,27)/t12-/m1/s1. The predicted molar refractivity (Wildman–Crippen MR) is 114 cm³/mol. The fraction of sp³-hybridized carbons (Fsp3) is 0.600. The molecule has 9 heteroatoms. The van der Waals surface area contributed by atoms with E-state index in [-0.39, 0.29) is 18.7 Å².